The van der Waals surface area contributed by atoms with Crippen LogP contribution in [0.25, 0.3) is 6.08 Å². The van der Waals surface area contributed by atoms with Crippen molar-refractivity contribution in [2.45, 2.75) is 31.7 Å². The van der Waals surface area contributed by atoms with E-state index in [0.717, 1.165) is 24.2 Å². The highest BCUT2D eigenvalue weighted by molar-refractivity contribution is 5.91. The second-order valence-corrected chi connectivity index (χ2v) is 5.73. The average Bonchev–Trinajstić information content (AvgIpc) is 3.00. The Labute approximate surface area is 141 Å². The lowest BCUT2D eigenvalue weighted by Gasteiger charge is -2.21. The maximum absolute atomic E-state index is 12.1. The Morgan fingerprint density at radius 2 is 2.08 bits per heavy atom. The first kappa shape index (κ1) is 17.1. The normalized spacial score (nSPS) is 17.3. The molecular formula is C17H16F3N3O2. The molecule has 0 fully saturated rings. The van der Waals surface area contributed by atoms with Crippen LogP contribution in [0.15, 0.2) is 36.7 Å². The number of fused-ring (bicyclic) bond motifs is 1. The Balaban J connectivity index is 1.52. The highest BCUT2D eigenvalue weighted by Gasteiger charge is 2.30. The summed E-state index contributed by atoms with van der Waals surface area (Å²) in [4.78, 5) is 19.3. The number of ether oxygens (including phenoxy) is 1. The fourth-order valence-corrected chi connectivity index (χ4v) is 2.73. The van der Waals surface area contributed by atoms with Crippen molar-refractivity contribution in [2.24, 2.45) is 0 Å². The number of nitrogens with zero attached hydrogens (tertiary/aromatic N) is 1. The smallest absolute Gasteiger partial charge is 0.406 e. The molecule has 1 heterocycles. The van der Waals surface area contributed by atoms with Gasteiger partial charge < -0.3 is 15.0 Å². The average molecular weight is 351 g/mol. The number of aromatic amines is 1. The molecule has 1 atom stereocenters. The molecule has 132 valence electrons. The fourth-order valence-electron chi connectivity index (χ4n) is 2.73. The second-order valence-electron chi connectivity index (χ2n) is 5.73. The maximum Gasteiger partial charge on any atom is 0.573 e. The number of H-pyrrole nitrogens is 1. The summed E-state index contributed by atoms with van der Waals surface area (Å²) < 4.78 is 40.1. The first-order valence-electron chi connectivity index (χ1n) is 7.74. The predicted octanol–water partition coefficient (Wildman–Crippen LogP) is 3.00. The molecule has 2 aromatic rings. The molecule has 25 heavy (non-hydrogen) atoms. The van der Waals surface area contributed by atoms with E-state index < -0.39 is 6.36 Å². The summed E-state index contributed by atoms with van der Waals surface area (Å²) >= 11 is 0. The zero-order valence-corrected chi connectivity index (χ0v) is 13.1. The minimum Gasteiger partial charge on any atom is -0.406 e. The van der Waals surface area contributed by atoms with E-state index in [4.69, 9.17) is 0 Å². The third-order valence-electron chi connectivity index (χ3n) is 3.87. The Hall–Kier alpha value is -2.77. The third-order valence-corrected chi connectivity index (χ3v) is 3.87. The van der Waals surface area contributed by atoms with Gasteiger partial charge in [-0.2, -0.15) is 0 Å². The van der Waals surface area contributed by atoms with Crippen molar-refractivity contribution in [1.82, 2.24) is 15.3 Å². The number of alkyl halides is 3. The Morgan fingerprint density at radius 3 is 2.80 bits per heavy atom. The van der Waals surface area contributed by atoms with E-state index in [-0.39, 0.29) is 17.7 Å². The number of amides is 1. The topological polar surface area (TPSA) is 67.0 Å². The van der Waals surface area contributed by atoms with Crippen LogP contribution in [0.1, 0.15) is 23.4 Å². The molecule has 0 bridgehead atoms. The van der Waals surface area contributed by atoms with Gasteiger partial charge in [-0.25, -0.2) is 4.98 Å². The first-order valence-corrected chi connectivity index (χ1v) is 7.74. The summed E-state index contributed by atoms with van der Waals surface area (Å²) in [5.74, 6) is -0.546. The van der Waals surface area contributed by atoms with E-state index in [9.17, 15) is 18.0 Å². The van der Waals surface area contributed by atoms with Gasteiger partial charge in [0, 0.05) is 24.2 Å². The summed E-state index contributed by atoms with van der Waals surface area (Å²) in [5.41, 5.74) is 2.69. The molecule has 1 aromatic carbocycles. The van der Waals surface area contributed by atoms with Gasteiger partial charge in [-0.05, 0) is 36.6 Å². The van der Waals surface area contributed by atoms with Gasteiger partial charge >= 0.3 is 6.36 Å². The number of imidazole rings is 1. The molecule has 1 unspecified atom stereocenters. The number of hydrogen-bond acceptors (Lipinski definition) is 3. The van der Waals surface area contributed by atoms with Crippen LogP contribution in [0.5, 0.6) is 5.75 Å². The summed E-state index contributed by atoms with van der Waals surface area (Å²) in [5, 5.41) is 2.92. The molecular weight excluding hydrogens is 335 g/mol. The Bertz CT molecular complexity index is 766. The lowest BCUT2D eigenvalue weighted by Crippen LogP contribution is -2.38. The largest absolute Gasteiger partial charge is 0.573 e. The second kappa shape index (κ2) is 7.00. The van der Waals surface area contributed by atoms with Crippen molar-refractivity contribution in [3.05, 3.63) is 53.6 Å². The van der Waals surface area contributed by atoms with E-state index >= 15 is 0 Å². The van der Waals surface area contributed by atoms with Crippen LogP contribution in [-0.2, 0) is 17.6 Å². The molecule has 1 aromatic heterocycles. The van der Waals surface area contributed by atoms with Gasteiger partial charge in [-0.3, -0.25) is 4.79 Å². The van der Waals surface area contributed by atoms with Crippen LogP contribution in [0.3, 0.4) is 0 Å². The first-order chi connectivity index (χ1) is 11.9. The Morgan fingerprint density at radius 1 is 1.32 bits per heavy atom. The van der Waals surface area contributed by atoms with Gasteiger partial charge in [0.15, 0.2) is 0 Å². The van der Waals surface area contributed by atoms with E-state index in [1.165, 1.54) is 36.4 Å². The predicted molar refractivity (Wildman–Crippen MR) is 84.7 cm³/mol. The van der Waals surface area contributed by atoms with E-state index in [0.29, 0.717) is 12.0 Å². The number of carbonyl (C=O) groups is 1. The van der Waals surface area contributed by atoms with Crippen LogP contribution < -0.4 is 10.1 Å². The summed E-state index contributed by atoms with van der Waals surface area (Å²) in [7, 11) is 0. The third kappa shape index (κ3) is 4.85. The van der Waals surface area contributed by atoms with E-state index in [2.05, 4.69) is 20.0 Å². The standard InChI is InChI=1S/C17H16F3N3O2/c18-17(19,20)25-13-5-1-11(2-6-13)3-8-16(24)23-12-4-7-14-15(9-12)22-10-21-14/h1-3,5-6,8,10,12H,4,7,9H2,(H,21,22)(H,23,24)/b8-3+. The molecule has 0 aliphatic heterocycles. The van der Waals surface area contributed by atoms with Crippen LogP contribution in [-0.4, -0.2) is 28.3 Å². The van der Waals surface area contributed by atoms with Gasteiger partial charge in [0.1, 0.15) is 5.75 Å². The van der Waals surface area contributed by atoms with Crippen LogP contribution >= 0.6 is 0 Å². The van der Waals surface area contributed by atoms with Crippen molar-refractivity contribution >= 4 is 12.0 Å². The molecule has 1 aliphatic rings. The maximum atomic E-state index is 12.1. The van der Waals surface area contributed by atoms with Crippen molar-refractivity contribution in [3.63, 3.8) is 0 Å². The minimum absolute atomic E-state index is 0.0349. The lowest BCUT2D eigenvalue weighted by atomic mass is 9.96. The van der Waals surface area contributed by atoms with Gasteiger partial charge in [0.2, 0.25) is 5.91 Å². The quantitative estimate of drug-likeness (QED) is 0.832. The zero-order chi connectivity index (χ0) is 17.9. The summed E-state index contributed by atoms with van der Waals surface area (Å²) in [6, 6.07) is 5.33. The van der Waals surface area contributed by atoms with Crippen molar-refractivity contribution in [2.75, 3.05) is 0 Å². The number of aromatic nitrogens is 2. The molecule has 0 radical (unpaired) electrons. The van der Waals surface area contributed by atoms with Crippen LogP contribution in [0.2, 0.25) is 0 Å². The molecule has 0 saturated heterocycles. The van der Waals surface area contributed by atoms with E-state index in [1.807, 2.05) is 0 Å². The zero-order valence-electron chi connectivity index (χ0n) is 13.1. The molecule has 8 heteroatoms. The molecule has 1 aliphatic carbocycles. The number of nitrogens with one attached hydrogen (secondary N) is 2. The number of hydrogen-bond donors (Lipinski definition) is 2. The van der Waals surface area contributed by atoms with Gasteiger partial charge in [0.05, 0.1) is 12.0 Å². The van der Waals surface area contributed by atoms with Gasteiger partial charge in [0.25, 0.3) is 0 Å². The van der Waals surface area contributed by atoms with Crippen molar-refractivity contribution in [3.8, 4) is 5.75 Å². The molecule has 0 saturated carbocycles. The number of aryl methyl sites for hydroxylation is 1. The van der Waals surface area contributed by atoms with Gasteiger partial charge in [-0.15, -0.1) is 13.2 Å². The van der Waals surface area contributed by atoms with Gasteiger partial charge in [-0.1, -0.05) is 12.1 Å². The lowest BCUT2D eigenvalue weighted by molar-refractivity contribution is -0.274. The molecule has 5 nitrogen and oxygen atoms in total. The highest BCUT2D eigenvalue weighted by atomic mass is 19.4. The highest BCUT2D eigenvalue weighted by Crippen LogP contribution is 2.23. The number of halogens is 3. The summed E-state index contributed by atoms with van der Waals surface area (Å²) in [6.45, 7) is 0. The molecule has 3 rings (SSSR count). The molecule has 0 spiro atoms. The fraction of sp³-hybridized carbons (Fsp3) is 0.294. The number of carbonyl (C=O) groups excluding carboxylic acids is 1. The van der Waals surface area contributed by atoms with Crippen molar-refractivity contribution < 1.29 is 22.7 Å². The Kier molecular flexibility index (Phi) is 4.78. The van der Waals surface area contributed by atoms with E-state index in [1.54, 1.807) is 6.33 Å². The summed E-state index contributed by atoms with van der Waals surface area (Å²) in [6.07, 6.45) is 2.18. The SMILES string of the molecule is O=C(/C=C/c1ccc(OC(F)(F)F)cc1)NC1CCc2nc[nH]c2C1. The molecule has 2 N–H and O–H groups in total. The van der Waals surface area contributed by atoms with Crippen molar-refractivity contribution in [1.29, 1.82) is 0 Å². The van der Waals surface area contributed by atoms with Crippen LogP contribution in [0.4, 0.5) is 13.2 Å². The monoisotopic (exact) mass is 351 g/mol. The van der Waals surface area contributed by atoms with Crippen LogP contribution in [0, 0.1) is 0 Å². The number of rotatable bonds is 4. The molecule has 1 amide bonds. The minimum atomic E-state index is -4.72. The number of benzene rings is 1.